The van der Waals surface area contributed by atoms with Crippen molar-refractivity contribution in [1.82, 2.24) is 10.2 Å². The van der Waals surface area contributed by atoms with Gasteiger partial charge in [-0.1, -0.05) is 12.1 Å². The van der Waals surface area contributed by atoms with Crippen LogP contribution >= 0.6 is 12.2 Å². The van der Waals surface area contributed by atoms with Crippen LogP contribution in [0.25, 0.3) is 0 Å². The highest BCUT2D eigenvalue weighted by atomic mass is 32.1. The molecule has 1 aromatic carbocycles. The van der Waals surface area contributed by atoms with E-state index >= 15 is 0 Å². The maximum absolute atomic E-state index is 12.9. The van der Waals surface area contributed by atoms with E-state index in [4.69, 9.17) is 12.2 Å². The zero-order valence-electron chi connectivity index (χ0n) is 12.4. The van der Waals surface area contributed by atoms with E-state index in [1.54, 1.807) is 4.90 Å². The van der Waals surface area contributed by atoms with Crippen molar-refractivity contribution >= 4 is 28.9 Å². The molecule has 4 nitrogen and oxygen atoms in total. The Balaban J connectivity index is 1.78. The highest BCUT2D eigenvalue weighted by Gasteiger charge is 2.33. The second-order valence-corrected chi connectivity index (χ2v) is 5.67. The van der Waals surface area contributed by atoms with Gasteiger partial charge in [-0.25, -0.2) is 0 Å². The smallest absolute Gasteiger partial charge is 0.362 e. The van der Waals surface area contributed by atoms with Crippen molar-refractivity contribution in [2.75, 3.05) is 25.0 Å². The van der Waals surface area contributed by atoms with Gasteiger partial charge in [-0.3, -0.25) is 4.79 Å². The summed E-state index contributed by atoms with van der Waals surface area (Å²) < 4.78 is 38.6. The number of hydrogen-bond donors (Lipinski definition) is 2. The van der Waals surface area contributed by atoms with Crippen LogP contribution in [0.2, 0.25) is 0 Å². The van der Waals surface area contributed by atoms with E-state index in [9.17, 15) is 18.0 Å². The summed E-state index contributed by atoms with van der Waals surface area (Å²) >= 11 is 5.02. The van der Waals surface area contributed by atoms with E-state index in [0.29, 0.717) is 25.9 Å². The number of anilines is 1. The van der Waals surface area contributed by atoms with Crippen molar-refractivity contribution < 1.29 is 18.0 Å². The van der Waals surface area contributed by atoms with E-state index in [-0.39, 0.29) is 16.7 Å². The van der Waals surface area contributed by atoms with Gasteiger partial charge in [-0.2, -0.15) is 13.2 Å². The number of amides is 1. The highest BCUT2D eigenvalue weighted by molar-refractivity contribution is 7.80. The third-order valence-electron chi connectivity index (χ3n) is 3.54. The van der Waals surface area contributed by atoms with Gasteiger partial charge >= 0.3 is 6.18 Å². The molecule has 0 radical (unpaired) electrons. The van der Waals surface area contributed by atoms with Gasteiger partial charge in [-0.15, -0.1) is 0 Å². The Morgan fingerprint density at radius 3 is 2.70 bits per heavy atom. The van der Waals surface area contributed by atoms with Crippen molar-refractivity contribution in [3.05, 3.63) is 29.8 Å². The zero-order chi connectivity index (χ0) is 16.9. The summed E-state index contributed by atoms with van der Waals surface area (Å²) in [6.45, 7) is 1.90. The van der Waals surface area contributed by atoms with Gasteiger partial charge in [0, 0.05) is 26.1 Å². The highest BCUT2D eigenvalue weighted by Crippen LogP contribution is 2.34. The minimum absolute atomic E-state index is 0.0766. The molecule has 0 aliphatic carbocycles. The number of para-hydroxylation sites is 1. The minimum atomic E-state index is -4.44. The molecule has 0 aromatic heterocycles. The predicted octanol–water partition coefficient (Wildman–Crippen LogP) is 3.00. The minimum Gasteiger partial charge on any atom is -0.362 e. The molecule has 0 unspecified atom stereocenters. The van der Waals surface area contributed by atoms with Crippen LogP contribution in [0, 0.1) is 0 Å². The number of carbonyl (C=O) groups excluding carboxylic acids is 1. The van der Waals surface area contributed by atoms with Crippen LogP contribution < -0.4 is 10.6 Å². The summed E-state index contributed by atoms with van der Waals surface area (Å²) in [5.74, 6) is 0.157. The second kappa shape index (κ2) is 7.63. The van der Waals surface area contributed by atoms with E-state index in [1.807, 2.05) is 0 Å². The van der Waals surface area contributed by atoms with Crippen LogP contribution in [0.15, 0.2) is 24.3 Å². The lowest BCUT2D eigenvalue weighted by Gasteiger charge is -2.17. The third-order valence-corrected chi connectivity index (χ3v) is 3.79. The van der Waals surface area contributed by atoms with Crippen LogP contribution in [-0.2, 0) is 11.0 Å². The van der Waals surface area contributed by atoms with Crippen LogP contribution in [0.5, 0.6) is 0 Å². The SMILES string of the molecule is O=C1CCCN1CCCNC(=S)Nc1ccccc1C(F)(F)F. The Bertz CT molecular complexity index is 577. The summed E-state index contributed by atoms with van der Waals surface area (Å²) in [5.41, 5.74) is -0.834. The fourth-order valence-electron chi connectivity index (χ4n) is 2.42. The largest absolute Gasteiger partial charge is 0.418 e. The molecule has 1 saturated heterocycles. The monoisotopic (exact) mass is 345 g/mol. The van der Waals surface area contributed by atoms with Gasteiger partial charge in [-0.05, 0) is 37.2 Å². The first-order valence-electron chi connectivity index (χ1n) is 7.37. The van der Waals surface area contributed by atoms with Crippen LogP contribution in [0.3, 0.4) is 0 Å². The fraction of sp³-hybridized carbons (Fsp3) is 0.467. The molecule has 1 aromatic rings. The standard InChI is InChI=1S/C15H18F3N3OS/c16-15(17,18)11-5-1-2-6-12(11)20-14(23)19-8-4-10-21-9-3-7-13(21)22/h1-2,5-6H,3-4,7-10H2,(H2,19,20,23). The molecule has 0 saturated carbocycles. The molecule has 0 spiro atoms. The predicted molar refractivity (Wildman–Crippen MR) is 86.1 cm³/mol. The number of rotatable bonds is 5. The Labute approximate surface area is 138 Å². The Hall–Kier alpha value is -1.83. The third kappa shape index (κ3) is 5.09. The topological polar surface area (TPSA) is 44.4 Å². The fourth-order valence-corrected chi connectivity index (χ4v) is 2.63. The zero-order valence-corrected chi connectivity index (χ0v) is 13.3. The number of benzene rings is 1. The lowest BCUT2D eigenvalue weighted by molar-refractivity contribution is -0.137. The number of halogens is 3. The molecule has 0 atom stereocenters. The number of carbonyl (C=O) groups is 1. The normalized spacial score (nSPS) is 14.9. The van der Waals surface area contributed by atoms with E-state index in [0.717, 1.165) is 19.0 Å². The van der Waals surface area contributed by atoms with Crippen molar-refractivity contribution in [3.8, 4) is 0 Å². The van der Waals surface area contributed by atoms with Crippen LogP contribution in [-0.4, -0.2) is 35.6 Å². The van der Waals surface area contributed by atoms with Crippen molar-refractivity contribution in [3.63, 3.8) is 0 Å². The summed E-state index contributed by atoms with van der Waals surface area (Å²) in [6, 6.07) is 5.18. The first-order chi connectivity index (χ1) is 10.9. The molecular formula is C15H18F3N3OS. The van der Waals surface area contributed by atoms with Gasteiger partial charge in [0.1, 0.15) is 0 Å². The number of thiocarbonyl (C=S) groups is 1. The van der Waals surface area contributed by atoms with Crippen LogP contribution in [0.4, 0.5) is 18.9 Å². The first-order valence-corrected chi connectivity index (χ1v) is 7.77. The number of alkyl halides is 3. The summed E-state index contributed by atoms with van der Waals surface area (Å²) in [7, 11) is 0. The molecular weight excluding hydrogens is 327 g/mol. The number of likely N-dealkylation sites (tertiary alicyclic amines) is 1. The summed E-state index contributed by atoms with van der Waals surface area (Å²) in [5, 5.41) is 5.57. The van der Waals surface area contributed by atoms with E-state index in [2.05, 4.69) is 10.6 Å². The molecule has 1 aliphatic rings. The van der Waals surface area contributed by atoms with Gasteiger partial charge in [0.05, 0.1) is 11.3 Å². The number of nitrogens with zero attached hydrogens (tertiary/aromatic N) is 1. The second-order valence-electron chi connectivity index (χ2n) is 5.26. The molecule has 1 amide bonds. The van der Waals surface area contributed by atoms with Crippen molar-refractivity contribution in [1.29, 1.82) is 0 Å². The molecule has 23 heavy (non-hydrogen) atoms. The van der Waals surface area contributed by atoms with Crippen molar-refractivity contribution in [2.45, 2.75) is 25.4 Å². The lowest BCUT2D eigenvalue weighted by Crippen LogP contribution is -2.33. The summed E-state index contributed by atoms with van der Waals surface area (Å²) in [4.78, 5) is 13.2. The Morgan fingerprint density at radius 1 is 1.30 bits per heavy atom. The lowest BCUT2D eigenvalue weighted by atomic mass is 10.1. The molecule has 0 bridgehead atoms. The maximum atomic E-state index is 12.9. The van der Waals surface area contributed by atoms with E-state index in [1.165, 1.54) is 18.2 Å². The van der Waals surface area contributed by atoms with Gasteiger partial charge in [0.15, 0.2) is 5.11 Å². The quantitative estimate of drug-likeness (QED) is 0.636. The Morgan fingerprint density at radius 2 is 2.04 bits per heavy atom. The molecule has 1 aliphatic heterocycles. The average molecular weight is 345 g/mol. The summed E-state index contributed by atoms with van der Waals surface area (Å²) in [6.07, 6.45) is -2.26. The van der Waals surface area contributed by atoms with E-state index < -0.39 is 11.7 Å². The average Bonchev–Trinajstić information content (AvgIpc) is 2.88. The van der Waals surface area contributed by atoms with Crippen molar-refractivity contribution in [2.24, 2.45) is 0 Å². The molecule has 2 N–H and O–H groups in total. The number of nitrogens with one attached hydrogen (secondary N) is 2. The molecule has 2 rings (SSSR count). The van der Waals surface area contributed by atoms with Crippen LogP contribution in [0.1, 0.15) is 24.8 Å². The Kier molecular flexibility index (Phi) is 5.81. The molecule has 126 valence electrons. The molecule has 1 heterocycles. The maximum Gasteiger partial charge on any atom is 0.418 e. The molecule has 1 fully saturated rings. The first kappa shape index (κ1) is 17.5. The van der Waals surface area contributed by atoms with Gasteiger partial charge < -0.3 is 15.5 Å². The van der Waals surface area contributed by atoms with Gasteiger partial charge in [0.2, 0.25) is 5.91 Å². The van der Waals surface area contributed by atoms with Gasteiger partial charge in [0.25, 0.3) is 0 Å². The number of hydrogen-bond acceptors (Lipinski definition) is 2. The molecule has 8 heteroatoms.